The van der Waals surface area contributed by atoms with Gasteiger partial charge in [-0.15, -0.1) is 11.8 Å². The van der Waals surface area contributed by atoms with E-state index in [2.05, 4.69) is 9.98 Å². The van der Waals surface area contributed by atoms with Gasteiger partial charge in [0.25, 0.3) is 0 Å². The predicted molar refractivity (Wildman–Crippen MR) is 82.6 cm³/mol. The fourth-order valence-corrected chi connectivity index (χ4v) is 3.05. The molecule has 0 aliphatic carbocycles. The van der Waals surface area contributed by atoms with Crippen molar-refractivity contribution < 1.29 is 14.6 Å². The topological polar surface area (TPSA) is 71.8 Å². The van der Waals surface area contributed by atoms with Gasteiger partial charge < -0.3 is 9.84 Å². The average Bonchev–Trinajstić information content (AvgIpc) is 3.02. The lowest BCUT2D eigenvalue weighted by Gasteiger charge is -2.05. The molecule has 1 N–H and O–H groups in total. The van der Waals surface area contributed by atoms with E-state index < -0.39 is 12.0 Å². The summed E-state index contributed by atoms with van der Waals surface area (Å²) in [6, 6.07) is 11.3. The number of aliphatic hydroxyl groups excluding tert-OH is 1. The van der Waals surface area contributed by atoms with Gasteiger partial charge in [0.2, 0.25) is 0 Å². The molecule has 1 aromatic carbocycles. The maximum atomic E-state index is 11.7. The van der Waals surface area contributed by atoms with Gasteiger partial charge in [0.05, 0.1) is 17.8 Å². The number of hydrogen-bond acceptors (Lipinski definition) is 6. The number of fused-ring (bicyclic) bond motifs is 1. The van der Waals surface area contributed by atoms with Gasteiger partial charge in [0.1, 0.15) is 11.7 Å². The maximum Gasteiger partial charge on any atom is 0.331 e. The first-order valence-electron chi connectivity index (χ1n) is 6.62. The number of aliphatic hydroxyl groups is 1. The second-order valence-corrected chi connectivity index (χ2v) is 5.55. The summed E-state index contributed by atoms with van der Waals surface area (Å²) < 4.78 is 4.90. The van der Waals surface area contributed by atoms with Gasteiger partial charge in [-0.3, -0.25) is 4.99 Å². The number of carbonyl (C=O) groups is 1. The SMILES string of the molecule is O=C(OCCO)[C@H]1CSC(c2ccc3ccccc3n2)=N1. The van der Waals surface area contributed by atoms with Gasteiger partial charge in [-0.2, -0.15) is 0 Å². The molecular weight excluding hydrogens is 288 g/mol. The molecular formula is C15H14N2O3S. The van der Waals surface area contributed by atoms with E-state index in [-0.39, 0.29) is 13.2 Å². The second-order valence-electron chi connectivity index (χ2n) is 4.54. The van der Waals surface area contributed by atoms with Crippen molar-refractivity contribution in [3.63, 3.8) is 0 Å². The Morgan fingerprint density at radius 2 is 2.19 bits per heavy atom. The van der Waals surface area contributed by atoms with E-state index >= 15 is 0 Å². The van der Waals surface area contributed by atoms with Crippen molar-refractivity contribution >= 4 is 33.7 Å². The van der Waals surface area contributed by atoms with Crippen molar-refractivity contribution in [3.05, 3.63) is 42.1 Å². The predicted octanol–water partition coefficient (Wildman–Crippen LogP) is 1.63. The zero-order valence-electron chi connectivity index (χ0n) is 11.2. The van der Waals surface area contributed by atoms with Crippen LogP contribution in [0.2, 0.25) is 0 Å². The van der Waals surface area contributed by atoms with Crippen molar-refractivity contribution in [2.75, 3.05) is 19.0 Å². The molecule has 5 nitrogen and oxygen atoms in total. The Hall–Kier alpha value is -1.92. The van der Waals surface area contributed by atoms with E-state index in [9.17, 15) is 4.79 Å². The number of esters is 1. The number of thioether (sulfide) groups is 1. The van der Waals surface area contributed by atoms with E-state index in [4.69, 9.17) is 9.84 Å². The first-order valence-corrected chi connectivity index (χ1v) is 7.61. The number of carbonyl (C=O) groups excluding carboxylic acids is 1. The summed E-state index contributed by atoms with van der Waals surface area (Å²) >= 11 is 1.50. The average molecular weight is 302 g/mol. The van der Waals surface area contributed by atoms with Gasteiger partial charge in [-0.05, 0) is 12.1 Å². The summed E-state index contributed by atoms with van der Waals surface area (Å²) in [5.41, 5.74) is 1.68. The van der Waals surface area contributed by atoms with Crippen LogP contribution in [-0.4, -0.2) is 46.1 Å². The number of rotatable bonds is 4. The van der Waals surface area contributed by atoms with E-state index in [1.54, 1.807) is 0 Å². The summed E-state index contributed by atoms with van der Waals surface area (Å²) in [5, 5.41) is 10.5. The van der Waals surface area contributed by atoms with E-state index in [0.717, 1.165) is 21.6 Å². The van der Waals surface area contributed by atoms with E-state index in [0.29, 0.717) is 5.75 Å². The van der Waals surface area contributed by atoms with Crippen LogP contribution in [0.25, 0.3) is 10.9 Å². The van der Waals surface area contributed by atoms with Gasteiger partial charge in [0, 0.05) is 11.1 Å². The van der Waals surface area contributed by atoms with Crippen molar-refractivity contribution in [2.45, 2.75) is 6.04 Å². The minimum atomic E-state index is -0.509. The minimum absolute atomic E-state index is 0.0130. The number of nitrogens with zero attached hydrogens (tertiary/aromatic N) is 2. The van der Waals surface area contributed by atoms with Crippen LogP contribution in [0.5, 0.6) is 0 Å². The molecule has 6 heteroatoms. The molecule has 0 unspecified atom stereocenters. The first-order chi connectivity index (χ1) is 10.3. The lowest BCUT2D eigenvalue weighted by Crippen LogP contribution is -2.22. The van der Waals surface area contributed by atoms with Crippen LogP contribution < -0.4 is 0 Å². The van der Waals surface area contributed by atoms with Gasteiger partial charge in [-0.1, -0.05) is 24.3 Å². The molecule has 1 aliphatic heterocycles. The molecule has 0 saturated heterocycles. The van der Waals surface area contributed by atoms with Crippen LogP contribution in [0.4, 0.5) is 0 Å². The highest BCUT2D eigenvalue weighted by molar-refractivity contribution is 8.14. The number of aromatic nitrogens is 1. The molecule has 3 rings (SSSR count). The van der Waals surface area contributed by atoms with Crippen LogP contribution in [0.3, 0.4) is 0 Å². The first kappa shape index (κ1) is 14.0. The molecule has 0 bridgehead atoms. The number of benzene rings is 1. The summed E-state index contributed by atoms with van der Waals surface area (Å²) in [5.74, 6) is 0.154. The molecule has 0 amide bonds. The van der Waals surface area contributed by atoms with Gasteiger partial charge >= 0.3 is 5.97 Å². The molecule has 21 heavy (non-hydrogen) atoms. The molecule has 2 heterocycles. The standard InChI is InChI=1S/C15H14N2O3S/c18-7-8-20-15(19)13-9-21-14(17-13)12-6-5-10-3-1-2-4-11(10)16-12/h1-6,13,18H,7-9H2/t13-/m1/s1. The number of hydrogen-bond donors (Lipinski definition) is 1. The zero-order valence-corrected chi connectivity index (χ0v) is 12.0. The Morgan fingerprint density at radius 1 is 1.33 bits per heavy atom. The monoisotopic (exact) mass is 302 g/mol. The fourth-order valence-electron chi connectivity index (χ4n) is 2.06. The number of pyridine rings is 1. The van der Waals surface area contributed by atoms with Crippen molar-refractivity contribution in [1.82, 2.24) is 4.98 Å². The molecule has 0 fully saturated rings. The number of para-hydroxylation sites is 1. The largest absolute Gasteiger partial charge is 0.462 e. The molecule has 2 aromatic rings. The van der Waals surface area contributed by atoms with E-state index in [1.165, 1.54) is 11.8 Å². The lowest BCUT2D eigenvalue weighted by atomic mass is 10.2. The summed E-state index contributed by atoms with van der Waals surface area (Å²) in [4.78, 5) is 20.7. The molecule has 1 aromatic heterocycles. The Balaban J connectivity index is 1.81. The minimum Gasteiger partial charge on any atom is -0.462 e. The summed E-state index contributed by atoms with van der Waals surface area (Å²) in [7, 11) is 0. The molecule has 1 aliphatic rings. The van der Waals surface area contributed by atoms with Crippen LogP contribution in [0.1, 0.15) is 5.69 Å². The molecule has 1 atom stereocenters. The molecule has 108 valence electrons. The lowest BCUT2D eigenvalue weighted by molar-refractivity contribution is -0.145. The summed E-state index contributed by atoms with van der Waals surface area (Å²) in [6.45, 7) is -0.159. The number of aliphatic imine (C=N–C) groups is 1. The van der Waals surface area contributed by atoms with Gasteiger partial charge in [-0.25, -0.2) is 9.78 Å². The third kappa shape index (κ3) is 3.06. The van der Waals surface area contributed by atoms with Crippen molar-refractivity contribution in [1.29, 1.82) is 0 Å². The third-order valence-electron chi connectivity index (χ3n) is 3.08. The Labute approximate surface area is 126 Å². The van der Waals surface area contributed by atoms with Crippen LogP contribution >= 0.6 is 11.8 Å². The third-order valence-corrected chi connectivity index (χ3v) is 4.15. The molecule has 0 radical (unpaired) electrons. The fraction of sp³-hybridized carbons (Fsp3) is 0.267. The highest BCUT2D eigenvalue weighted by atomic mass is 32.2. The Kier molecular flexibility index (Phi) is 4.17. The van der Waals surface area contributed by atoms with Crippen molar-refractivity contribution in [2.24, 2.45) is 4.99 Å². The molecule has 0 spiro atoms. The van der Waals surface area contributed by atoms with Crippen molar-refractivity contribution in [3.8, 4) is 0 Å². The quantitative estimate of drug-likeness (QED) is 0.869. The maximum absolute atomic E-state index is 11.7. The smallest absolute Gasteiger partial charge is 0.331 e. The van der Waals surface area contributed by atoms with Crippen LogP contribution in [0, 0.1) is 0 Å². The highest BCUT2D eigenvalue weighted by Gasteiger charge is 2.27. The van der Waals surface area contributed by atoms with E-state index in [1.807, 2.05) is 36.4 Å². The normalized spacial score (nSPS) is 17.8. The zero-order chi connectivity index (χ0) is 14.7. The van der Waals surface area contributed by atoms with Crippen LogP contribution in [0.15, 0.2) is 41.4 Å². The highest BCUT2D eigenvalue weighted by Crippen LogP contribution is 2.24. The number of ether oxygens (including phenoxy) is 1. The summed E-state index contributed by atoms with van der Waals surface area (Å²) in [6.07, 6.45) is 0. The Morgan fingerprint density at radius 3 is 3.05 bits per heavy atom. The Bertz CT molecular complexity index is 702. The van der Waals surface area contributed by atoms with Crippen LogP contribution in [-0.2, 0) is 9.53 Å². The molecule has 0 saturated carbocycles. The van der Waals surface area contributed by atoms with Gasteiger partial charge in [0.15, 0.2) is 6.04 Å². The second kappa shape index (κ2) is 6.24.